The third kappa shape index (κ3) is 2.66. The van der Waals surface area contributed by atoms with Gasteiger partial charge in [-0.2, -0.15) is 0 Å². The largest absolute Gasteiger partial charge is 0.465 e. The molecule has 1 aliphatic heterocycles. The first-order chi connectivity index (χ1) is 10.6. The maximum atomic E-state index is 12.3. The van der Waals surface area contributed by atoms with Crippen LogP contribution in [0.1, 0.15) is 46.5 Å². The van der Waals surface area contributed by atoms with Crippen LogP contribution in [0.2, 0.25) is 0 Å². The van der Waals surface area contributed by atoms with Crippen molar-refractivity contribution in [2.45, 2.75) is 46.5 Å². The van der Waals surface area contributed by atoms with E-state index in [-0.39, 0.29) is 28.1 Å². The molecule has 1 heterocycles. The molecule has 4 fully saturated rings. The van der Waals surface area contributed by atoms with Crippen LogP contribution in [-0.4, -0.2) is 41.0 Å². The summed E-state index contributed by atoms with van der Waals surface area (Å²) in [7, 11) is 0. The number of carboxylic acid groups (broad SMARTS) is 1. The molecule has 0 unspecified atom stereocenters. The SMILES string of the molecule is CC(C)(C)CC(=O)NNC(=O)C12CC(C3CN(C(=O)O)C3)(C1)C2. The molecule has 3 aliphatic carbocycles. The Morgan fingerprint density at radius 2 is 1.70 bits per heavy atom. The lowest BCUT2D eigenvalue weighted by atomic mass is 9.31. The van der Waals surface area contributed by atoms with Gasteiger partial charge in [-0.15, -0.1) is 0 Å². The van der Waals surface area contributed by atoms with Gasteiger partial charge in [-0.1, -0.05) is 20.8 Å². The molecule has 0 atom stereocenters. The van der Waals surface area contributed by atoms with E-state index in [2.05, 4.69) is 10.9 Å². The Morgan fingerprint density at radius 3 is 2.17 bits per heavy atom. The molecule has 128 valence electrons. The van der Waals surface area contributed by atoms with Gasteiger partial charge in [0.05, 0.1) is 5.41 Å². The van der Waals surface area contributed by atoms with Crippen LogP contribution in [0.5, 0.6) is 0 Å². The predicted octanol–water partition coefficient (Wildman–Crippen LogP) is 1.35. The van der Waals surface area contributed by atoms with Gasteiger partial charge in [0.25, 0.3) is 0 Å². The molecule has 3 amide bonds. The van der Waals surface area contributed by atoms with Crippen molar-refractivity contribution in [1.29, 1.82) is 0 Å². The summed E-state index contributed by atoms with van der Waals surface area (Å²) in [6, 6.07) is 0. The summed E-state index contributed by atoms with van der Waals surface area (Å²) in [5, 5.41) is 8.88. The second-order valence-corrected chi connectivity index (χ2v) is 8.80. The number of rotatable bonds is 3. The molecule has 0 radical (unpaired) electrons. The van der Waals surface area contributed by atoms with E-state index < -0.39 is 6.09 Å². The minimum absolute atomic E-state index is 0.101. The van der Waals surface area contributed by atoms with Crippen LogP contribution in [0.4, 0.5) is 4.79 Å². The standard InChI is InChI=1S/C16H25N3O4/c1-14(2,3)4-11(20)17-18-12(21)16-7-15(8-16,9-16)10-5-19(6-10)13(22)23/h10H,4-9H2,1-3H3,(H,17,20)(H,18,21)(H,22,23). The van der Waals surface area contributed by atoms with Crippen molar-refractivity contribution in [2.24, 2.45) is 22.2 Å². The number of nitrogens with one attached hydrogen (secondary N) is 2. The second-order valence-electron chi connectivity index (χ2n) is 8.80. The van der Waals surface area contributed by atoms with Gasteiger partial charge in [-0.05, 0) is 30.1 Å². The molecule has 3 saturated carbocycles. The van der Waals surface area contributed by atoms with Crippen LogP contribution in [0.15, 0.2) is 0 Å². The molecule has 0 spiro atoms. The lowest BCUT2D eigenvalue weighted by Gasteiger charge is -2.74. The van der Waals surface area contributed by atoms with Crippen LogP contribution in [-0.2, 0) is 9.59 Å². The molecule has 0 aromatic heterocycles. The van der Waals surface area contributed by atoms with Gasteiger partial charge in [0.2, 0.25) is 11.8 Å². The first-order valence-electron chi connectivity index (χ1n) is 8.13. The van der Waals surface area contributed by atoms with Crippen molar-refractivity contribution in [2.75, 3.05) is 13.1 Å². The summed E-state index contributed by atoms with van der Waals surface area (Å²) in [6.45, 7) is 7.10. The third-order valence-corrected chi connectivity index (χ3v) is 5.58. The van der Waals surface area contributed by atoms with Crippen LogP contribution >= 0.6 is 0 Å². The molecule has 7 nitrogen and oxygen atoms in total. The van der Waals surface area contributed by atoms with E-state index in [4.69, 9.17) is 5.11 Å². The molecule has 4 aliphatic rings. The average Bonchev–Trinajstić information content (AvgIpc) is 2.22. The van der Waals surface area contributed by atoms with Crippen LogP contribution < -0.4 is 10.9 Å². The highest BCUT2D eigenvalue weighted by atomic mass is 16.4. The lowest BCUT2D eigenvalue weighted by Crippen LogP contribution is -2.75. The Morgan fingerprint density at radius 1 is 1.13 bits per heavy atom. The smallest absolute Gasteiger partial charge is 0.407 e. The fourth-order valence-corrected chi connectivity index (χ4v) is 4.35. The van der Waals surface area contributed by atoms with Gasteiger partial charge >= 0.3 is 6.09 Å². The number of hydrogen-bond donors (Lipinski definition) is 3. The fraction of sp³-hybridized carbons (Fsp3) is 0.812. The summed E-state index contributed by atoms with van der Waals surface area (Å²) < 4.78 is 0. The fourth-order valence-electron chi connectivity index (χ4n) is 4.35. The van der Waals surface area contributed by atoms with Gasteiger partial charge in [0.1, 0.15) is 0 Å². The van der Waals surface area contributed by atoms with Gasteiger partial charge < -0.3 is 10.0 Å². The Bertz CT molecular complexity index is 540. The Hall–Kier alpha value is -1.79. The molecule has 3 N–H and O–H groups in total. The predicted molar refractivity (Wildman–Crippen MR) is 82.2 cm³/mol. The first kappa shape index (κ1) is 16.1. The zero-order chi connectivity index (χ0) is 17.0. The van der Waals surface area contributed by atoms with Crippen LogP contribution in [0.25, 0.3) is 0 Å². The van der Waals surface area contributed by atoms with E-state index >= 15 is 0 Å². The molecule has 0 aromatic carbocycles. The highest BCUT2D eigenvalue weighted by molar-refractivity contribution is 5.88. The minimum atomic E-state index is -0.859. The number of nitrogens with zero attached hydrogens (tertiary/aromatic N) is 1. The summed E-state index contributed by atoms with van der Waals surface area (Å²) in [5.74, 6) is 0.114. The van der Waals surface area contributed by atoms with E-state index in [1.54, 1.807) is 0 Å². The van der Waals surface area contributed by atoms with Crippen molar-refractivity contribution >= 4 is 17.9 Å². The minimum Gasteiger partial charge on any atom is -0.465 e. The molecule has 2 bridgehead atoms. The van der Waals surface area contributed by atoms with Crippen molar-refractivity contribution in [3.63, 3.8) is 0 Å². The third-order valence-electron chi connectivity index (χ3n) is 5.58. The summed E-state index contributed by atoms with van der Waals surface area (Å²) in [6.07, 6.45) is 1.95. The number of carbonyl (C=O) groups excluding carboxylic acids is 2. The highest BCUT2D eigenvalue weighted by Gasteiger charge is 2.74. The zero-order valence-corrected chi connectivity index (χ0v) is 13.9. The lowest BCUT2D eigenvalue weighted by molar-refractivity contribution is -0.246. The molecule has 7 heteroatoms. The second kappa shape index (κ2) is 4.85. The Kier molecular flexibility index (Phi) is 3.39. The van der Waals surface area contributed by atoms with Crippen molar-refractivity contribution in [3.05, 3.63) is 0 Å². The van der Waals surface area contributed by atoms with E-state index in [0.717, 1.165) is 19.3 Å². The summed E-state index contributed by atoms with van der Waals surface area (Å²) in [5.41, 5.74) is 4.78. The Balaban J connectivity index is 1.41. The van der Waals surface area contributed by atoms with Crippen LogP contribution in [0, 0.1) is 22.2 Å². The molecular formula is C16H25N3O4. The molecule has 4 rings (SSSR count). The van der Waals surface area contributed by atoms with E-state index in [1.165, 1.54) is 4.90 Å². The number of hydrogen-bond acceptors (Lipinski definition) is 3. The molecule has 23 heavy (non-hydrogen) atoms. The number of hydrazine groups is 1. The van der Waals surface area contributed by atoms with E-state index in [0.29, 0.717) is 25.4 Å². The van der Waals surface area contributed by atoms with Gasteiger partial charge in [0.15, 0.2) is 0 Å². The molecular weight excluding hydrogens is 298 g/mol. The quantitative estimate of drug-likeness (QED) is 0.683. The Labute approximate surface area is 135 Å². The number of amides is 3. The van der Waals surface area contributed by atoms with E-state index in [1.807, 2.05) is 20.8 Å². The van der Waals surface area contributed by atoms with Crippen molar-refractivity contribution in [3.8, 4) is 0 Å². The summed E-state index contributed by atoms with van der Waals surface area (Å²) in [4.78, 5) is 36.3. The van der Waals surface area contributed by atoms with Crippen LogP contribution in [0.3, 0.4) is 0 Å². The number of carbonyl (C=O) groups is 3. The zero-order valence-electron chi connectivity index (χ0n) is 13.9. The summed E-state index contributed by atoms with van der Waals surface area (Å²) >= 11 is 0. The number of likely N-dealkylation sites (tertiary alicyclic amines) is 1. The average molecular weight is 323 g/mol. The maximum absolute atomic E-state index is 12.3. The van der Waals surface area contributed by atoms with Gasteiger partial charge in [-0.25, -0.2) is 4.79 Å². The monoisotopic (exact) mass is 323 g/mol. The van der Waals surface area contributed by atoms with Crippen molar-refractivity contribution < 1.29 is 19.5 Å². The highest BCUT2D eigenvalue weighted by Crippen LogP contribution is 2.77. The maximum Gasteiger partial charge on any atom is 0.407 e. The van der Waals surface area contributed by atoms with Crippen molar-refractivity contribution in [1.82, 2.24) is 15.8 Å². The molecule has 1 saturated heterocycles. The topological polar surface area (TPSA) is 98.7 Å². The normalized spacial score (nSPS) is 32.2. The van der Waals surface area contributed by atoms with Gasteiger partial charge in [-0.3, -0.25) is 20.4 Å². The molecule has 0 aromatic rings. The van der Waals surface area contributed by atoms with Gasteiger partial charge in [0, 0.05) is 25.4 Å². The first-order valence-corrected chi connectivity index (χ1v) is 8.13. The van der Waals surface area contributed by atoms with E-state index in [9.17, 15) is 14.4 Å².